The zero-order valence-electron chi connectivity index (χ0n) is 9.03. The number of hydrazine groups is 1. The van der Waals surface area contributed by atoms with Crippen molar-refractivity contribution in [3.05, 3.63) is 33.0 Å². The summed E-state index contributed by atoms with van der Waals surface area (Å²) in [5, 5.41) is 15.6. The number of nitrogens with two attached hydrogens (primary N) is 1. The quantitative estimate of drug-likeness (QED) is 0.410. The summed E-state index contributed by atoms with van der Waals surface area (Å²) >= 11 is 1.44. The summed E-state index contributed by atoms with van der Waals surface area (Å²) in [6.07, 6.45) is 1.19. The molecule has 10 heteroatoms. The van der Waals surface area contributed by atoms with Gasteiger partial charge in [-0.2, -0.15) is 0 Å². The van der Waals surface area contributed by atoms with Crippen molar-refractivity contribution < 1.29 is 4.92 Å². The summed E-state index contributed by atoms with van der Waals surface area (Å²) in [6, 6.07) is 0. The molecule has 0 bridgehead atoms. The molecular weight excluding hydrogens is 258 g/mol. The second kappa shape index (κ2) is 5.33. The van der Waals surface area contributed by atoms with Gasteiger partial charge in [0.05, 0.1) is 22.7 Å². The molecule has 0 aliphatic rings. The molecule has 0 spiro atoms. The van der Waals surface area contributed by atoms with Crippen LogP contribution in [0.15, 0.2) is 17.2 Å². The van der Waals surface area contributed by atoms with E-state index in [1.54, 1.807) is 5.51 Å². The Morgan fingerprint density at radius 2 is 2.17 bits per heavy atom. The van der Waals surface area contributed by atoms with E-state index in [0.29, 0.717) is 6.54 Å². The third kappa shape index (κ3) is 2.49. The van der Waals surface area contributed by atoms with Gasteiger partial charge >= 0.3 is 5.69 Å². The van der Waals surface area contributed by atoms with E-state index in [4.69, 9.17) is 5.84 Å². The SMILES string of the molecule is NNc1ncnc(NCc2cscn2)c1[N+](=O)[O-]. The maximum absolute atomic E-state index is 10.9. The van der Waals surface area contributed by atoms with Gasteiger partial charge in [0, 0.05) is 5.38 Å². The first-order chi connectivity index (χ1) is 8.72. The second-order valence-corrected chi connectivity index (χ2v) is 3.87. The minimum Gasteiger partial charge on any atom is -0.358 e. The van der Waals surface area contributed by atoms with Crippen LogP contribution < -0.4 is 16.6 Å². The highest BCUT2D eigenvalue weighted by Crippen LogP contribution is 2.28. The molecule has 2 heterocycles. The average molecular weight is 267 g/mol. The topological polar surface area (TPSA) is 132 Å². The van der Waals surface area contributed by atoms with Gasteiger partial charge in [0.15, 0.2) is 0 Å². The normalized spacial score (nSPS) is 10.1. The smallest absolute Gasteiger partial charge is 0.354 e. The molecule has 0 unspecified atom stereocenters. The van der Waals surface area contributed by atoms with Crippen LogP contribution >= 0.6 is 11.3 Å². The van der Waals surface area contributed by atoms with Gasteiger partial charge in [-0.15, -0.1) is 11.3 Å². The van der Waals surface area contributed by atoms with Gasteiger partial charge in [0.1, 0.15) is 6.33 Å². The van der Waals surface area contributed by atoms with E-state index in [1.165, 1.54) is 17.7 Å². The molecular formula is C8H9N7O2S. The summed E-state index contributed by atoms with van der Waals surface area (Å²) in [7, 11) is 0. The van der Waals surface area contributed by atoms with Gasteiger partial charge in [-0.1, -0.05) is 0 Å². The molecule has 0 atom stereocenters. The van der Waals surface area contributed by atoms with E-state index < -0.39 is 4.92 Å². The van der Waals surface area contributed by atoms with Crippen LogP contribution in [0.5, 0.6) is 0 Å². The molecule has 0 aromatic carbocycles. The Morgan fingerprint density at radius 1 is 1.39 bits per heavy atom. The molecule has 2 rings (SSSR count). The van der Waals surface area contributed by atoms with Crippen LogP contribution in [0.3, 0.4) is 0 Å². The molecule has 0 saturated carbocycles. The van der Waals surface area contributed by atoms with Crippen molar-refractivity contribution in [2.45, 2.75) is 6.54 Å². The fourth-order valence-corrected chi connectivity index (χ4v) is 1.84. The van der Waals surface area contributed by atoms with Crippen LogP contribution in [-0.2, 0) is 6.54 Å². The van der Waals surface area contributed by atoms with Gasteiger partial charge in [-0.3, -0.25) is 10.1 Å². The fourth-order valence-electron chi connectivity index (χ4n) is 1.29. The molecule has 0 fully saturated rings. The first-order valence-electron chi connectivity index (χ1n) is 4.79. The van der Waals surface area contributed by atoms with Crippen LogP contribution in [0.25, 0.3) is 0 Å². The Hall–Kier alpha value is -2.33. The van der Waals surface area contributed by atoms with Crippen molar-refractivity contribution in [3.63, 3.8) is 0 Å². The molecule has 18 heavy (non-hydrogen) atoms. The van der Waals surface area contributed by atoms with Crippen molar-refractivity contribution in [2.75, 3.05) is 10.7 Å². The maximum atomic E-state index is 10.9. The zero-order chi connectivity index (χ0) is 13.0. The van der Waals surface area contributed by atoms with E-state index in [-0.39, 0.29) is 17.3 Å². The van der Waals surface area contributed by atoms with Crippen LogP contribution in [-0.4, -0.2) is 19.9 Å². The van der Waals surface area contributed by atoms with Gasteiger partial charge in [-0.25, -0.2) is 20.8 Å². The van der Waals surface area contributed by atoms with Crippen molar-refractivity contribution in [2.24, 2.45) is 5.84 Å². The second-order valence-electron chi connectivity index (χ2n) is 3.15. The van der Waals surface area contributed by atoms with Crippen molar-refractivity contribution in [1.82, 2.24) is 15.0 Å². The number of anilines is 2. The standard InChI is InChI=1S/C8H9N7O2S/c9-14-8-6(15(16)17)7(11-3-12-8)10-1-5-2-18-4-13-5/h2-4H,1,9H2,(H2,10,11,12,14). The monoisotopic (exact) mass is 267 g/mol. The van der Waals surface area contributed by atoms with Crippen LogP contribution in [0, 0.1) is 10.1 Å². The van der Waals surface area contributed by atoms with Crippen LogP contribution in [0.2, 0.25) is 0 Å². The Bertz CT molecular complexity index is 544. The summed E-state index contributed by atoms with van der Waals surface area (Å²) in [5.41, 5.74) is 4.32. The van der Waals surface area contributed by atoms with E-state index >= 15 is 0 Å². The van der Waals surface area contributed by atoms with E-state index in [9.17, 15) is 10.1 Å². The lowest BCUT2D eigenvalue weighted by atomic mass is 10.4. The Labute approximate surface area is 105 Å². The molecule has 9 nitrogen and oxygen atoms in total. The highest BCUT2D eigenvalue weighted by Gasteiger charge is 2.22. The Balaban J connectivity index is 2.24. The summed E-state index contributed by atoms with van der Waals surface area (Å²) < 4.78 is 0. The molecule has 0 amide bonds. The molecule has 94 valence electrons. The van der Waals surface area contributed by atoms with Crippen molar-refractivity contribution in [3.8, 4) is 0 Å². The number of aromatic nitrogens is 3. The largest absolute Gasteiger partial charge is 0.358 e. The first-order valence-corrected chi connectivity index (χ1v) is 5.73. The third-order valence-electron chi connectivity index (χ3n) is 2.06. The molecule has 4 N–H and O–H groups in total. The third-order valence-corrected chi connectivity index (χ3v) is 2.70. The minimum absolute atomic E-state index is 0.0456. The number of hydrogen-bond donors (Lipinski definition) is 3. The number of hydrogen-bond acceptors (Lipinski definition) is 9. The summed E-state index contributed by atoms with van der Waals surface area (Å²) in [6.45, 7) is 0.339. The van der Waals surface area contributed by atoms with E-state index in [0.717, 1.165) is 5.69 Å². The fraction of sp³-hybridized carbons (Fsp3) is 0.125. The van der Waals surface area contributed by atoms with Gasteiger partial charge in [0.25, 0.3) is 0 Å². The van der Waals surface area contributed by atoms with Gasteiger partial charge in [0.2, 0.25) is 11.6 Å². The lowest BCUT2D eigenvalue weighted by molar-refractivity contribution is -0.383. The van der Waals surface area contributed by atoms with Crippen molar-refractivity contribution in [1.29, 1.82) is 0 Å². The minimum atomic E-state index is -0.599. The summed E-state index contributed by atoms with van der Waals surface area (Å²) in [4.78, 5) is 21.9. The number of rotatable bonds is 5. The average Bonchev–Trinajstić information content (AvgIpc) is 2.88. The summed E-state index contributed by atoms with van der Waals surface area (Å²) in [5.74, 6) is 5.21. The Kier molecular flexibility index (Phi) is 3.60. The highest BCUT2D eigenvalue weighted by molar-refractivity contribution is 7.07. The van der Waals surface area contributed by atoms with Crippen LogP contribution in [0.4, 0.5) is 17.3 Å². The molecule has 2 aromatic heterocycles. The lowest BCUT2D eigenvalue weighted by Crippen LogP contribution is -2.13. The van der Waals surface area contributed by atoms with Gasteiger partial charge in [-0.05, 0) is 0 Å². The molecule has 0 radical (unpaired) electrons. The Morgan fingerprint density at radius 3 is 2.78 bits per heavy atom. The molecule has 0 saturated heterocycles. The maximum Gasteiger partial charge on any atom is 0.354 e. The number of thiazole rings is 1. The first kappa shape index (κ1) is 12.1. The zero-order valence-corrected chi connectivity index (χ0v) is 9.85. The van der Waals surface area contributed by atoms with Crippen LogP contribution in [0.1, 0.15) is 5.69 Å². The van der Waals surface area contributed by atoms with Crippen molar-refractivity contribution >= 4 is 28.7 Å². The molecule has 2 aromatic rings. The number of nitrogens with zero attached hydrogens (tertiary/aromatic N) is 4. The predicted molar refractivity (Wildman–Crippen MR) is 65.9 cm³/mol. The number of nitro groups is 1. The molecule has 0 aliphatic heterocycles. The molecule has 0 aliphatic carbocycles. The number of nitrogen functional groups attached to an aromatic ring is 1. The lowest BCUT2D eigenvalue weighted by Gasteiger charge is -2.06. The predicted octanol–water partition coefficient (Wildman–Crippen LogP) is 0.739. The highest BCUT2D eigenvalue weighted by atomic mass is 32.1. The number of nitrogens with one attached hydrogen (secondary N) is 2. The van der Waals surface area contributed by atoms with E-state index in [2.05, 4.69) is 25.7 Å². The van der Waals surface area contributed by atoms with E-state index in [1.807, 2.05) is 5.38 Å². The van der Waals surface area contributed by atoms with Gasteiger partial charge < -0.3 is 10.7 Å².